The van der Waals surface area contributed by atoms with Crippen LogP contribution in [0.3, 0.4) is 0 Å². The number of benzene rings is 2. The first-order valence-corrected chi connectivity index (χ1v) is 14.5. The second-order valence-electron chi connectivity index (χ2n) is 11.4. The van der Waals surface area contributed by atoms with Gasteiger partial charge >= 0.3 is 0 Å². The van der Waals surface area contributed by atoms with Gasteiger partial charge in [-0.25, -0.2) is 12.4 Å². The summed E-state index contributed by atoms with van der Waals surface area (Å²) in [5, 5.41) is 0.932. The molecule has 0 saturated heterocycles. The lowest BCUT2D eigenvalue weighted by molar-refractivity contribution is 0.488. The Labute approximate surface area is 207 Å². The molecule has 1 aliphatic rings. The van der Waals surface area contributed by atoms with Crippen molar-refractivity contribution >= 4 is 32.3 Å². The zero-order chi connectivity index (χ0) is 25.1. The zero-order valence-electron chi connectivity index (χ0n) is 21.2. The minimum absolute atomic E-state index is 0.0785. The van der Waals surface area contributed by atoms with E-state index in [1.54, 1.807) is 16.1 Å². The Bertz CT molecular complexity index is 1310. The van der Waals surface area contributed by atoms with Crippen molar-refractivity contribution in [2.45, 2.75) is 88.8 Å². The van der Waals surface area contributed by atoms with E-state index in [4.69, 9.17) is 0 Å². The van der Waals surface area contributed by atoms with Crippen LogP contribution in [0.2, 0.25) is 0 Å². The first-order valence-electron chi connectivity index (χ1n) is 11.9. The predicted molar refractivity (Wildman–Crippen MR) is 141 cm³/mol. The van der Waals surface area contributed by atoms with Crippen molar-refractivity contribution in [2.24, 2.45) is 0 Å². The number of nitrogens with zero attached hydrogens (tertiary/aromatic N) is 1. The van der Waals surface area contributed by atoms with Gasteiger partial charge in [0.25, 0.3) is 10.0 Å². The number of nitrogens with one attached hydrogen (secondary N) is 1. The van der Waals surface area contributed by atoms with Gasteiger partial charge in [-0.05, 0) is 82.2 Å². The van der Waals surface area contributed by atoms with Gasteiger partial charge in [0.1, 0.15) is 4.75 Å². The third-order valence-electron chi connectivity index (χ3n) is 6.55. The highest BCUT2D eigenvalue weighted by atomic mass is 32.2. The maximum atomic E-state index is 13.9. The van der Waals surface area contributed by atoms with Crippen LogP contribution in [0.4, 0.5) is 0 Å². The number of hydrogen-bond acceptors (Lipinski definition) is 4. The summed E-state index contributed by atoms with van der Waals surface area (Å²) in [6.45, 7) is 14.3. The lowest BCUT2D eigenvalue weighted by Crippen LogP contribution is -2.42. The van der Waals surface area contributed by atoms with E-state index < -0.39 is 26.1 Å². The Morgan fingerprint density at radius 3 is 2.26 bits per heavy atom. The van der Waals surface area contributed by atoms with Gasteiger partial charge in [-0.15, -0.1) is 4.72 Å². The third kappa shape index (κ3) is 4.55. The first kappa shape index (κ1) is 25.3. The highest BCUT2D eigenvalue weighted by Gasteiger charge is 2.37. The Morgan fingerprint density at radius 1 is 1.03 bits per heavy atom. The highest BCUT2D eigenvalue weighted by Crippen LogP contribution is 2.42. The van der Waals surface area contributed by atoms with Gasteiger partial charge in [0.05, 0.1) is 16.5 Å². The number of fused-ring (bicyclic) bond motifs is 3. The summed E-state index contributed by atoms with van der Waals surface area (Å²) in [5.74, 6) is 0. The summed E-state index contributed by atoms with van der Waals surface area (Å²) in [4.78, 5) is 0.283. The SMILES string of the molecule is Cc1ccc(S(=O)(=O)n2c3c(c4cc(C(C)(C)C)ccc42)[C@@H](N[S@+]([O-])C(C)(C)C)CCC3)cc1. The van der Waals surface area contributed by atoms with Gasteiger partial charge in [0.2, 0.25) is 0 Å². The van der Waals surface area contributed by atoms with Crippen molar-refractivity contribution in [3.8, 4) is 0 Å². The molecule has 2 aromatic carbocycles. The molecule has 34 heavy (non-hydrogen) atoms. The van der Waals surface area contributed by atoms with E-state index >= 15 is 0 Å². The van der Waals surface area contributed by atoms with Crippen molar-refractivity contribution in [3.05, 3.63) is 64.8 Å². The lowest BCUT2D eigenvalue weighted by atomic mass is 9.85. The van der Waals surface area contributed by atoms with E-state index in [2.05, 4.69) is 31.6 Å². The molecule has 1 aromatic heterocycles. The van der Waals surface area contributed by atoms with Gasteiger partial charge in [-0.3, -0.25) is 0 Å². The second-order valence-corrected chi connectivity index (χ2v) is 15.2. The summed E-state index contributed by atoms with van der Waals surface area (Å²) in [6.07, 6.45) is 2.32. The smallest absolute Gasteiger partial charge is 0.268 e. The topological polar surface area (TPSA) is 74.2 Å². The Hall–Kier alpha value is -1.80. The molecule has 1 aliphatic carbocycles. The molecule has 7 heteroatoms. The lowest BCUT2D eigenvalue weighted by Gasteiger charge is -2.30. The molecule has 0 spiro atoms. The minimum Gasteiger partial charge on any atom is -0.598 e. The number of aryl methyl sites for hydroxylation is 1. The van der Waals surface area contributed by atoms with Crippen molar-refractivity contribution in [1.82, 2.24) is 8.69 Å². The molecule has 0 fully saturated rings. The third-order valence-corrected chi connectivity index (χ3v) is 9.92. The zero-order valence-corrected chi connectivity index (χ0v) is 22.9. The summed E-state index contributed by atoms with van der Waals surface area (Å²) in [5.41, 5.74) is 4.55. The summed E-state index contributed by atoms with van der Waals surface area (Å²) in [6, 6.07) is 13.0. The number of rotatable bonds is 4. The van der Waals surface area contributed by atoms with Crippen molar-refractivity contribution < 1.29 is 13.0 Å². The molecule has 1 N–H and O–H groups in total. The van der Waals surface area contributed by atoms with E-state index in [0.29, 0.717) is 11.9 Å². The van der Waals surface area contributed by atoms with Crippen LogP contribution in [0, 0.1) is 6.92 Å². The van der Waals surface area contributed by atoms with Crippen LogP contribution in [-0.2, 0) is 33.2 Å². The van der Waals surface area contributed by atoms with Crippen LogP contribution in [-0.4, -0.2) is 21.7 Å². The summed E-state index contributed by atoms with van der Waals surface area (Å²) < 4.78 is 45.4. The minimum atomic E-state index is -3.80. The largest absolute Gasteiger partial charge is 0.598 e. The van der Waals surface area contributed by atoms with E-state index in [-0.39, 0.29) is 16.4 Å². The average Bonchev–Trinajstić information content (AvgIpc) is 3.08. The monoisotopic (exact) mass is 500 g/mol. The number of aromatic nitrogens is 1. The Balaban J connectivity index is 1.99. The van der Waals surface area contributed by atoms with Gasteiger partial charge < -0.3 is 4.55 Å². The normalized spacial score (nSPS) is 18.2. The predicted octanol–water partition coefficient (Wildman–Crippen LogP) is 5.91. The molecule has 5 nitrogen and oxygen atoms in total. The fourth-order valence-corrected chi connectivity index (χ4v) is 7.00. The van der Waals surface area contributed by atoms with E-state index in [9.17, 15) is 13.0 Å². The molecule has 4 rings (SSSR count). The molecule has 3 aromatic rings. The van der Waals surface area contributed by atoms with Crippen LogP contribution in [0.5, 0.6) is 0 Å². The van der Waals surface area contributed by atoms with Gasteiger partial charge in [-0.1, -0.05) is 44.5 Å². The van der Waals surface area contributed by atoms with Crippen molar-refractivity contribution in [1.29, 1.82) is 0 Å². The molecule has 0 unspecified atom stereocenters. The average molecular weight is 501 g/mol. The van der Waals surface area contributed by atoms with Gasteiger partial charge in [0, 0.05) is 28.0 Å². The number of hydrogen-bond donors (Lipinski definition) is 1. The molecule has 0 amide bonds. The van der Waals surface area contributed by atoms with E-state index in [1.165, 1.54) is 0 Å². The standard InChI is InChI=1S/C27H36N2O3S2/c1-18-11-14-20(15-12-18)34(31,32)29-23-16-13-19(26(2,3)4)17-21(23)25-22(9-8-10-24(25)29)28-33(30)27(5,6)7/h11-17,22,28H,8-10H2,1-7H3/t22-,33+/m0/s1. The Kier molecular flexibility index (Phi) is 6.47. The quantitative estimate of drug-likeness (QED) is 0.452. The molecule has 0 radical (unpaired) electrons. The summed E-state index contributed by atoms with van der Waals surface area (Å²) >= 11 is -1.27. The van der Waals surface area contributed by atoms with Crippen LogP contribution in [0.25, 0.3) is 10.9 Å². The fourth-order valence-electron chi connectivity index (χ4n) is 4.56. The van der Waals surface area contributed by atoms with Crippen LogP contribution >= 0.6 is 0 Å². The second kappa shape index (κ2) is 8.70. The fraction of sp³-hybridized carbons (Fsp3) is 0.481. The molecule has 1 heterocycles. The molecule has 0 aliphatic heterocycles. The van der Waals surface area contributed by atoms with Gasteiger partial charge in [-0.2, -0.15) is 0 Å². The summed E-state index contributed by atoms with van der Waals surface area (Å²) in [7, 11) is -3.80. The van der Waals surface area contributed by atoms with Crippen LogP contribution < -0.4 is 4.72 Å². The first-order chi connectivity index (χ1) is 15.7. The molecule has 2 atom stereocenters. The molecular formula is C27H36N2O3S2. The maximum Gasteiger partial charge on any atom is 0.268 e. The highest BCUT2D eigenvalue weighted by molar-refractivity contribution is 7.91. The van der Waals surface area contributed by atoms with Crippen molar-refractivity contribution in [3.63, 3.8) is 0 Å². The van der Waals surface area contributed by atoms with Crippen LogP contribution in [0.1, 0.15) is 82.8 Å². The van der Waals surface area contributed by atoms with E-state index in [1.807, 2.05) is 52.0 Å². The molecule has 0 saturated carbocycles. The van der Waals surface area contributed by atoms with Crippen LogP contribution in [0.15, 0.2) is 47.4 Å². The van der Waals surface area contributed by atoms with Crippen molar-refractivity contribution in [2.75, 3.05) is 0 Å². The molecule has 184 valence electrons. The molecule has 0 bridgehead atoms. The maximum absolute atomic E-state index is 13.9. The Morgan fingerprint density at radius 2 is 1.68 bits per heavy atom. The van der Waals surface area contributed by atoms with E-state index in [0.717, 1.165) is 40.6 Å². The molecular weight excluding hydrogens is 464 g/mol. The van der Waals surface area contributed by atoms with Gasteiger partial charge in [0.15, 0.2) is 0 Å².